The van der Waals surface area contributed by atoms with Crippen LogP contribution in [0.4, 0.5) is 5.13 Å². The number of aromatic nitrogens is 1. The van der Waals surface area contributed by atoms with E-state index >= 15 is 0 Å². The number of carbonyl (C=O) groups is 1. The van der Waals surface area contributed by atoms with Crippen LogP contribution in [0.3, 0.4) is 0 Å². The molecular formula is C10H17N3O2S. The molecule has 90 valence electrons. The van der Waals surface area contributed by atoms with Crippen LogP contribution in [0.1, 0.15) is 32.5 Å². The Morgan fingerprint density at radius 2 is 2.19 bits per heavy atom. The summed E-state index contributed by atoms with van der Waals surface area (Å²) in [6.45, 7) is 6.27. The quantitative estimate of drug-likeness (QED) is 0.732. The maximum atomic E-state index is 10.7. The van der Waals surface area contributed by atoms with Crippen molar-refractivity contribution >= 4 is 22.4 Å². The molecule has 0 spiro atoms. The van der Waals surface area contributed by atoms with Gasteiger partial charge in [-0.1, -0.05) is 13.8 Å². The number of hydrogen-bond donors (Lipinski definition) is 3. The van der Waals surface area contributed by atoms with Gasteiger partial charge in [0.2, 0.25) is 0 Å². The second kappa shape index (κ2) is 5.27. The fourth-order valence-electron chi connectivity index (χ4n) is 0.983. The molecule has 0 aliphatic rings. The first kappa shape index (κ1) is 12.9. The number of nitrogens with zero attached hydrogens (tertiary/aromatic N) is 1. The summed E-state index contributed by atoms with van der Waals surface area (Å²) in [5, 5.41) is 14.3. The lowest BCUT2D eigenvalue weighted by molar-refractivity contribution is -0.138. The minimum absolute atomic E-state index is 0.292. The van der Waals surface area contributed by atoms with Gasteiger partial charge in [0.05, 0.1) is 5.69 Å². The number of nitrogens with two attached hydrogens (primary N) is 1. The predicted molar refractivity (Wildman–Crippen MR) is 64.6 cm³/mol. The summed E-state index contributed by atoms with van der Waals surface area (Å²) in [6.07, 6.45) is 0. The van der Waals surface area contributed by atoms with Gasteiger partial charge < -0.3 is 16.2 Å². The van der Waals surface area contributed by atoms with E-state index in [-0.39, 0.29) is 0 Å². The molecule has 1 aromatic heterocycles. The van der Waals surface area contributed by atoms with Gasteiger partial charge in [-0.3, -0.25) is 4.79 Å². The molecule has 1 heterocycles. The van der Waals surface area contributed by atoms with Crippen molar-refractivity contribution in [3.05, 3.63) is 11.1 Å². The first-order chi connectivity index (χ1) is 7.41. The molecule has 0 aliphatic heterocycles. The van der Waals surface area contributed by atoms with Gasteiger partial charge in [0.25, 0.3) is 0 Å². The van der Waals surface area contributed by atoms with Crippen molar-refractivity contribution in [2.75, 3.05) is 5.32 Å². The third-order valence-electron chi connectivity index (χ3n) is 2.46. The fraction of sp³-hybridized carbons (Fsp3) is 0.600. The SMILES string of the molecule is CC(C)C(C)Nc1nc(C(N)C(=O)O)cs1. The number of nitrogens with one attached hydrogen (secondary N) is 1. The van der Waals surface area contributed by atoms with E-state index in [4.69, 9.17) is 10.8 Å². The minimum Gasteiger partial charge on any atom is -0.480 e. The normalized spacial score (nSPS) is 14.8. The third kappa shape index (κ3) is 3.18. The van der Waals surface area contributed by atoms with Gasteiger partial charge in [0.1, 0.15) is 6.04 Å². The van der Waals surface area contributed by atoms with Gasteiger partial charge in [0, 0.05) is 11.4 Å². The maximum absolute atomic E-state index is 10.7. The Morgan fingerprint density at radius 1 is 1.56 bits per heavy atom. The smallest absolute Gasteiger partial charge is 0.326 e. The molecule has 16 heavy (non-hydrogen) atoms. The molecule has 2 atom stereocenters. The summed E-state index contributed by atoms with van der Waals surface area (Å²) >= 11 is 1.38. The van der Waals surface area contributed by atoms with E-state index < -0.39 is 12.0 Å². The molecule has 1 rings (SSSR count). The maximum Gasteiger partial charge on any atom is 0.326 e. The molecule has 6 heteroatoms. The van der Waals surface area contributed by atoms with Crippen molar-refractivity contribution in [1.82, 2.24) is 4.98 Å². The molecule has 1 aromatic rings. The zero-order valence-corrected chi connectivity index (χ0v) is 10.4. The van der Waals surface area contributed by atoms with Gasteiger partial charge in [-0.15, -0.1) is 11.3 Å². The predicted octanol–water partition coefficient (Wildman–Crippen LogP) is 1.68. The lowest BCUT2D eigenvalue weighted by atomic mass is 10.1. The third-order valence-corrected chi connectivity index (χ3v) is 3.25. The zero-order chi connectivity index (χ0) is 12.3. The van der Waals surface area contributed by atoms with E-state index in [1.807, 2.05) is 0 Å². The summed E-state index contributed by atoms with van der Waals surface area (Å²) in [6, 6.07) is -0.749. The summed E-state index contributed by atoms with van der Waals surface area (Å²) in [4.78, 5) is 14.8. The van der Waals surface area contributed by atoms with Crippen molar-refractivity contribution in [3.8, 4) is 0 Å². The van der Waals surface area contributed by atoms with Crippen LogP contribution in [0.5, 0.6) is 0 Å². The lowest BCUT2D eigenvalue weighted by Crippen LogP contribution is -2.22. The molecule has 2 unspecified atom stereocenters. The monoisotopic (exact) mass is 243 g/mol. The van der Waals surface area contributed by atoms with Crippen molar-refractivity contribution in [3.63, 3.8) is 0 Å². The summed E-state index contributed by atoms with van der Waals surface area (Å²) in [5.74, 6) is -0.575. The Kier molecular flexibility index (Phi) is 4.26. The molecule has 0 radical (unpaired) electrons. The van der Waals surface area contributed by atoms with Crippen molar-refractivity contribution in [1.29, 1.82) is 0 Å². The highest BCUT2D eigenvalue weighted by Crippen LogP contribution is 2.21. The fourth-order valence-corrected chi connectivity index (χ4v) is 1.83. The summed E-state index contributed by atoms with van der Waals surface area (Å²) in [5.41, 5.74) is 5.86. The lowest BCUT2D eigenvalue weighted by Gasteiger charge is -2.16. The van der Waals surface area contributed by atoms with Crippen LogP contribution in [0, 0.1) is 5.92 Å². The van der Waals surface area contributed by atoms with E-state index in [9.17, 15) is 4.79 Å². The Hall–Kier alpha value is -1.14. The molecule has 0 fully saturated rings. The van der Waals surface area contributed by atoms with Crippen LogP contribution < -0.4 is 11.1 Å². The highest BCUT2D eigenvalue weighted by Gasteiger charge is 2.18. The number of anilines is 1. The van der Waals surface area contributed by atoms with Crippen molar-refractivity contribution in [2.45, 2.75) is 32.9 Å². The van der Waals surface area contributed by atoms with Gasteiger partial charge in [-0.25, -0.2) is 4.98 Å². The topological polar surface area (TPSA) is 88.2 Å². The van der Waals surface area contributed by atoms with E-state index in [0.717, 1.165) is 0 Å². The molecule has 0 saturated carbocycles. The van der Waals surface area contributed by atoms with Gasteiger partial charge >= 0.3 is 5.97 Å². The molecule has 4 N–H and O–H groups in total. The molecule has 5 nitrogen and oxygen atoms in total. The number of thiazole rings is 1. The number of aliphatic carboxylic acids is 1. The molecule has 0 saturated heterocycles. The average Bonchev–Trinajstić information content (AvgIpc) is 2.64. The van der Waals surface area contributed by atoms with Crippen LogP contribution >= 0.6 is 11.3 Å². The summed E-state index contributed by atoms with van der Waals surface area (Å²) in [7, 11) is 0. The largest absolute Gasteiger partial charge is 0.480 e. The Balaban J connectivity index is 2.68. The highest BCUT2D eigenvalue weighted by atomic mass is 32.1. The Labute approximate surface area is 98.7 Å². The average molecular weight is 243 g/mol. The van der Waals surface area contributed by atoms with Crippen LogP contribution in [0.25, 0.3) is 0 Å². The Bertz CT molecular complexity index is 365. The highest BCUT2D eigenvalue weighted by molar-refractivity contribution is 7.13. The second-order valence-electron chi connectivity index (χ2n) is 4.07. The molecule has 0 aliphatic carbocycles. The van der Waals surface area contributed by atoms with Crippen molar-refractivity contribution in [2.24, 2.45) is 11.7 Å². The molecule has 0 bridgehead atoms. The standard InChI is InChI=1S/C10H17N3O2S/c1-5(2)6(3)12-10-13-7(4-16-10)8(11)9(14)15/h4-6,8H,11H2,1-3H3,(H,12,13)(H,14,15). The van der Waals surface area contributed by atoms with E-state index in [1.165, 1.54) is 11.3 Å². The zero-order valence-electron chi connectivity index (χ0n) is 9.60. The van der Waals surface area contributed by atoms with E-state index in [0.29, 0.717) is 22.8 Å². The minimum atomic E-state index is -1.06. The van der Waals surface area contributed by atoms with Crippen LogP contribution in [0.15, 0.2) is 5.38 Å². The first-order valence-corrected chi connectivity index (χ1v) is 6.00. The number of carboxylic acid groups (broad SMARTS) is 1. The van der Waals surface area contributed by atoms with Crippen LogP contribution in [-0.4, -0.2) is 22.1 Å². The number of rotatable bonds is 5. The molecule has 0 aromatic carbocycles. The van der Waals surface area contributed by atoms with Crippen LogP contribution in [-0.2, 0) is 4.79 Å². The molecule has 0 amide bonds. The van der Waals surface area contributed by atoms with Gasteiger partial charge in [-0.2, -0.15) is 0 Å². The number of carboxylic acids is 1. The van der Waals surface area contributed by atoms with Gasteiger partial charge in [-0.05, 0) is 12.8 Å². The van der Waals surface area contributed by atoms with Crippen LogP contribution in [0.2, 0.25) is 0 Å². The summed E-state index contributed by atoms with van der Waals surface area (Å²) < 4.78 is 0. The van der Waals surface area contributed by atoms with E-state index in [2.05, 4.69) is 31.1 Å². The van der Waals surface area contributed by atoms with Gasteiger partial charge in [0.15, 0.2) is 5.13 Å². The second-order valence-corrected chi connectivity index (χ2v) is 4.93. The Morgan fingerprint density at radius 3 is 2.69 bits per heavy atom. The first-order valence-electron chi connectivity index (χ1n) is 5.12. The molecular weight excluding hydrogens is 226 g/mol. The number of hydrogen-bond acceptors (Lipinski definition) is 5. The van der Waals surface area contributed by atoms with E-state index in [1.54, 1.807) is 5.38 Å². The van der Waals surface area contributed by atoms with Crippen molar-refractivity contribution < 1.29 is 9.90 Å².